The van der Waals surface area contributed by atoms with Crippen LogP contribution >= 0.6 is 22.9 Å². The largest absolute Gasteiger partial charge is 0.348 e. The van der Waals surface area contributed by atoms with E-state index in [0.29, 0.717) is 17.1 Å². The van der Waals surface area contributed by atoms with E-state index < -0.39 is 0 Å². The molecule has 27 heavy (non-hydrogen) atoms. The van der Waals surface area contributed by atoms with Crippen LogP contribution in [0, 0.1) is 13.8 Å². The van der Waals surface area contributed by atoms with Crippen molar-refractivity contribution in [3.05, 3.63) is 70.0 Å². The Morgan fingerprint density at radius 1 is 1.15 bits per heavy atom. The molecule has 0 saturated heterocycles. The first-order valence-corrected chi connectivity index (χ1v) is 9.53. The van der Waals surface area contributed by atoms with Gasteiger partial charge in [0.15, 0.2) is 5.82 Å². The van der Waals surface area contributed by atoms with Crippen LogP contribution in [0.4, 0.5) is 0 Å². The van der Waals surface area contributed by atoms with Gasteiger partial charge >= 0.3 is 0 Å². The van der Waals surface area contributed by atoms with Gasteiger partial charge in [-0.2, -0.15) is 9.61 Å². The highest BCUT2D eigenvalue weighted by atomic mass is 35.5. The predicted octanol–water partition coefficient (Wildman–Crippen LogP) is 4.05. The first-order valence-electron chi connectivity index (χ1n) is 8.34. The topological polar surface area (TPSA) is 72.2 Å². The molecule has 8 heteroatoms. The highest BCUT2D eigenvalue weighted by Gasteiger charge is 2.11. The fourth-order valence-corrected chi connectivity index (χ4v) is 3.69. The summed E-state index contributed by atoms with van der Waals surface area (Å²) < 4.78 is 1.74. The molecule has 4 rings (SSSR count). The highest BCUT2D eigenvalue weighted by Crippen LogP contribution is 2.25. The van der Waals surface area contributed by atoms with Crippen LogP contribution in [0.5, 0.6) is 0 Å². The number of aryl methyl sites for hydroxylation is 2. The fourth-order valence-electron chi connectivity index (χ4n) is 2.62. The molecule has 0 atom stereocenters. The van der Waals surface area contributed by atoms with Crippen LogP contribution in [0.25, 0.3) is 15.5 Å². The Labute approximate surface area is 164 Å². The number of nitrogens with zero attached hydrogens (tertiary/aromatic N) is 4. The number of carbonyl (C=O) groups is 1. The van der Waals surface area contributed by atoms with E-state index in [1.165, 1.54) is 11.3 Å². The van der Waals surface area contributed by atoms with Crippen molar-refractivity contribution in [3.63, 3.8) is 0 Å². The monoisotopic (exact) mass is 397 g/mol. The summed E-state index contributed by atoms with van der Waals surface area (Å²) in [5.74, 6) is 0.619. The first-order chi connectivity index (χ1) is 13.0. The van der Waals surface area contributed by atoms with Crippen LogP contribution in [-0.4, -0.2) is 25.7 Å². The van der Waals surface area contributed by atoms with E-state index in [-0.39, 0.29) is 5.91 Å². The Hall–Kier alpha value is -2.77. The molecular weight excluding hydrogens is 382 g/mol. The molecule has 0 aliphatic heterocycles. The van der Waals surface area contributed by atoms with Crippen LogP contribution in [0.3, 0.4) is 0 Å². The second kappa shape index (κ2) is 7.09. The number of hydrogen-bond acceptors (Lipinski definition) is 5. The maximum Gasteiger partial charge on any atom is 0.251 e. The van der Waals surface area contributed by atoms with Crippen molar-refractivity contribution in [1.29, 1.82) is 0 Å². The molecule has 2 aromatic carbocycles. The van der Waals surface area contributed by atoms with Gasteiger partial charge in [-0.25, -0.2) is 0 Å². The van der Waals surface area contributed by atoms with Crippen LogP contribution in [0.1, 0.15) is 27.3 Å². The van der Waals surface area contributed by atoms with E-state index in [1.807, 2.05) is 44.2 Å². The summed E-state index contributed by atoms with van der Waals surface area (Å²) in [6.45, 7) is 4.22. The highest BCUT2D eigenvalue weighted by molar-refractivity contribution is 7.19. The van der Waals surface area contributed by atoms with Gasteiger partial charge in [0.2, 0.25) is 4.96 Å². The Balaban J connectivity index is 1.44. The number of amides is 1. The van der Waals surface area contributed by atoms with Crippen molar-refractivity contribution in [2.45, 2.75) is 20.4 Å². The summed E-state index contributed by atoms with van der Waals surface area (Å²) in [6.07, 6.45) is 0. The summed E-state index contributed by atoms with van der Waals surface area (Å²) in [5, 5.41) is 17.0. The zero-order chi connectivity index (χ0) is 19.0. The molecule has 0 spiro atoms. The predicted molar refractivity (Wildman–Crippen MR) is 106 cm³/mol. The Morgan fingerprint density at radius 2 is 1.93 bits per heavy atom. The molecule has 2 aromatic heterocycles. The minimum absolute atomic E-state index is 0.148. The Kier molecular flexibility index (Phi) is 4.63. The van der Waals surface area contributed by atoms with E-state index in [0.717, 1.165) is 32.5 Å². The van der Waals surface area contributed by atoms with Crippen LogP contribution < -0.4 is 5.32 Å². The quantitative estimate of drug-likeness (QED) is 0.563. The standard InChI is InChI=1S/C19H16ClN5OS/c1-11-3-6-15(9-16(11)20)17(26)21-10-13-4-7-14(8-5-13)18-24-25-12(2)22-23-19(25)27-18/h3-9H,10H2,1-2H3,(H,21,26). The summed E-state index contributed by atoms with van der Waals surface area (Å²) in [7, 11) is 0. The van der Waals surface area contributed by atoms with Gasteiger partial charge in [-0.05, 0) is 37.1 Å². The third-order valence-corrected chi connectivity index (χ3v) is 5.59. The molecule has 0 aliphatic rings. The van der Waals surface area contributed by atoms with Gasteiger partial charge < -0.3 is 5.32 Å². The zero-order valence-corrected chi connectivity index (χ0v) is 16.3. The summed E-state index contributed by atoms with van der Waals surface area (Å²) >= 11 is 7.58. The minimum atomic E-state index is -0.148. The maximum atomic E-state index is 12.3. The van der Waals surface area contributed by atoms with E-state index in [2.05, 4.69) is 20.6 Å². The van der Waals surface area contributed by atoms with Crippen molar-refractivity contribution in [3.8, 4) is 10.6 Å². The smallest absolute Gasteiger partial charge is 0.251 e. The number of aromatic nitrogens is 4. The first kappa shape index (κ1) is 17.6. The molecule has 136 valence electrons. The molecular formula is C19H16ClN5OS. The molecule has 0 saturated carbocycles. The number of carbonyl (C=O) groups excluding carboxylic acids is 1. The van der Waals surface area contributed by atoms with E-state index in [1.54, 1.807) is 16.6 Å². The Bertz CT molecular complexity index is 1130. The third kappa shape index (κ3) is 3.56. The van der Waals surface area contributed by atoms with Gasteiger partial charge in [0.05, 0.1) is 0 Å². The van der Waals surface area contributed by atoms with Crippen molar-refractivity contribution in [2.24, 2.45) is 0 Å². The molecule has 2 heterocycles. The number of halogens is 1. The number of rotatable bonds is 4. The lowest BCUT2D eigenvalue weighted by Crippen LogP contribution is -2.22. The molecule has 0 bridgehead atoms. The molecule has 0 unspecified atom stereocenters. The van der Waals surface area contributed by atoms with E-state index in [4.69, 9.17) is 11.6 Å². The van der Waals surface area contributed by atoms with Gasteiger partial charge in [-0.1, -0.05) is 53.3 Å². The minimum Gasteiger partial charge on any atom is -0.348 e. The average Bonchev–Trinajstić information content (AvgIpc) is 3.25. The summed E-state index contributed by atoms with van der Waals surface area (Å²) in [6, 6.07) is 13.2. The van der Waals surface area contributed by atoms with Gasteiger partial charge in [0, 0.05) is 22.7 Å². The second-order valence-electron chi connectivity index (χ2n) is 6.19. The molecule has 0 aliphatic carbocycles. The lowest BCUT2D eigenvalue weighted by molar-refractivity contribution is 0.0951. The molecule has 4 aromatic rings. The molecule has 0 radical (unpaired) electrons. The fraction of sp³-hybridized carbons (Fsp3) is 0.158. The van der Waals surface area contributed by atoms with Crippen molar-refractivity contribution in [1.82, 2.24) is 25.1 Å². The lowest BCUT2D eigenvalue weighted by atomic mass is 10.1. The normalized spacial score (nSPS) is 11.1. The summed E-state index contributed by atoms with van der Waals surface area (Å²) in [4.78, 5) is 13.1. The van der Waals surface area contributed by atoms with Crippen LogP contribution in [0.2, 0.25) is 5.02 Å². The van der Waals surface area contributed by atoms with E-state index >= 15 is 0 Å². The number of fused-ring (bicyclic) bond motifs is 1. The number of benzene rings is 2. The number of nitrogens with one attached hydrogen (secondary N) is 1. The van der Waals surface area contributed by atoms with E-state index in [9.17, 15) is 4.79 Å². The van der Waals surface area contributed by atoms with Gasteiger partial charge in [0.1, 0.15) is 5.01 Å². The van der Waals surface area contributed by atoms with Crippen LogP contribution in [-0.2, 0) is 6.54 Å². The van der Waals surface area contributed by atoms with Crippen molar-refractivity contribution >= 4 is 33.8 Å². The third-order valence-electron chi connectivity index (χ3n) is 4.23. The second-order valence-corrected chi connectivity index (χ2v) is 7.56. The summed E-state index contributed by atoms with van der Waals surface area (Å²) in [5.41, 5.74) is 3.51. The van der Waals surface area contributed by atoms with Crippen molar-refractivity contribution < 1.29 is 4.79 Å². The van der Waals surface area contributed by atoms with Crippen LogP contribution in [0.15, 0.2) is 42.5 Å². The van der Waals surface area contributed by atoms with Gasteiger partial charge in [-0.3, -0.25) is 4.79 Å². The number of hydrogen-bond donors (Lipinski definition) is 1. The SMILES string of the molecule is Cc1ccc(C(=O)NCc2ccc(-c3nn4c(C)nnc4s3)cc2)cc1Cl. The average molecular weight is 398 g/mol. The molecule has 0 fully saturated rings. The van der Waals surface area contributed by atoms with Gasteiger partial charge in [0.25, 0.3) is 5.91 Å². The molecule has 1 N–H and O–H groups in total. The zero-order valence-electron chi connectivity index (χ0n) is 14.7. The van der Waals surface area contributed by atoms with Crippen molar-refractivity contribution in [2.75, 3.05) is 0 Å². The molecule has 6 nitrogen and oxygen atoms in total. The Morgan fingerprint density at radius 3 is 2.63 bits per heavy atom. The maximum absolute atomic E-state index is 12.3. The van der Waals surface area contributed by atoms with Gasteiger partial charge in [-0.15, -0.1) is 10.2 Å². The molecule has 1 amide bonds. The lowest BCUT2D eigenvalue weighted by Gasteiger charge is -2.07.